The van der Waals surface area contributed by atoms with E-state index in [0.717, 1.165) is 12.0 Å². The van der Waals surface area contributed by atoms with E-state index >= 15 is 0 Å². The van der Waals surface area contributed by atoms with E-state index in [1.807, 2.05) is 19.1 Å². The molecule has 1 aromatic rings. The van der Waals surface area contributed by atoms with Gasteiger partial charge in [-0.25, -0.2) is 0 Å². The summed E-state index contributed by atoms with van der Waals surface area (Å²) in [5.74, 6) is -1.21. The van der Waals surface area contributed by atoms with Crippen molar-refractivity contribution in [3.8, 4) is 0 Å². The lowest BCUT2D eigenvalue weighted by molar-refractivity contribution is -0.146. The number of aliphatic carboxylic acids is 1. The van der Waals surface area contributed by atoms with Crippen molar-refractivity contribution in [2.45, 2.75) is 58.4 Å². The Morgan fingerprint density at radius 3 is 2.30 bits per heavy atom. The van der Waals surface area contributed by atoms with Gasteiger partial charge in [-0.15, -0.1) is 0 Å². The van der Waals surface area contributed by atoms with Gasteiger partial charge in [0, 0.05) is 12.6 Å². The minimum atomic E-state index is -0.802. The smallest absolute Gasteiger partial charge is 0.308 e. The van der Waals surface area contributed by atoms with E-state index in [1.165, 1.54) is 5.56 Å². The minimum absolute atomic E-state index is 0.0203. The van der Waals surface area contributed by atoms with Gasteiger partial charge in [-0.2, -0.15) is 0 Å². The predicted molar refractivity (Wildman–Crippen MR) is 90.4 cm³/mol. The van der Waals surface area contributed by atoms with Gasteiger partial charge in [-0.1, -0.05) is 45.0 Å². The second-order valence-corrected chi connectivity index (χ2v) is 7.63. The molecule has 1 saturated heterocycles. The molecule has 0 saturated carbocycles. The van der Waals surface area contributed by atoms with Gasteiger partial charge in [0.05, 0.1) is 12.3 Å². The normalized spacial score (nSPS) is 22.0. The second kappa shape index (κ2) is 6.73. The standard InChI is InChI=1S/C19H27NO3/c1-13-5-8-15(18(22)23)12-20(13)17(21)11-14-6-9-16(10-7-14)19(2,3)4/h6-7,9-10,13,15H,5,8,11-12H2,1-4H3,(H,22,23)/t13-,15+/m0/s1. The van der Waals surface area contributed by atoms with Gasteiger partial charge in [0.1, 0.15) is 0 Å². The average molecular weight is 317 g/mol. The molecule has 1 aliphatic heterocycles. The van der Waals surface area contributed by atoms with Crippen LogP contribution in [0.25, 0.3) is 0 Å². The zero-order valence-electron chi connectivity index (χ0n) is 14.5. The van der Waals surface area contributed by atoms with Crippen molar-refractivity contribution in [3.05, 3.63) is 35.4 Å². The van der Waals surface area contributed by atoms with E-state index in [-0.39, 0.29) is 17.4 Å². The van der Waals surface area contributed by atoms with Crippen molar-refractivity contribution in [3.63, 3.8) is 0 Å². The number of carboxylic acid groups (broad SMARTS) is 1. The molecule has 4 heteroatoms. The van der Waals surface area contributed by atoms with Gasteiger partial charge in [-0.05, 0) is 36.3 Å². The summed E-state index contributed by atoms with van der Waals surface area (Å²) in [6.45, 7) is 8.81. The molecule has 2 atom stereocenters. The highest BCUT2D eigenvalue weighted by atomic mass is 16.4. The molecule has 0 unspecified atom stereocenters. The van der Waals surface area contributed by atoms with Gasteiger partial charge in [0.2, 0.25) is 5.91 Å². The van der Waals surface area contributed by atoms with Crippen LogP contribution in [0.2, 0.25) is 0 Å². The van der Waals surface area contributed by atoms with Crippen LogP contribution in [0.1, 0.15) is 51.7 Å². The largest absolute Gasteiger partial charge is 0.481 e. The molecule has 0 radical (unpaired) electrons. The highest BCUT2D eigenvalue weighted by molar-refractivity contribution is 5.80. The van der Waals surface area contributed by atoms with Crippen LogP contribution >= 0.6 is 0 Å². The highest BCUT2D eigenvalue weighted by Gasteiger charge is 2.32. The molecule has 4 nitrogen and oxygen atoms in total. The number of hydrogen-bond donors (Lipinski definition) is 1. The Labute approximate surface area is 138 Å². The Balaban J connectivity index is 2.04. The van der Waals surface area contributed by atoms with E-state index < -0.39 is 11.9 Å². The second-order valence-electron chi connectivity index (χ2n) is 7.63. The van der Waals surface area contributed by atoms with Gasteiger partial charge >= 0.3 is 5.97 Å². The molecule has 1 heterocycles. The molecular formula is C19H27NO3. The fourth-order valence-electron chi connectivity index (χ4n) is 3.05. The van der Waals surface area contributed by atoms with Crippen molar-refractivity contribution < 1.29 is 14.7 Å². The number of carbonyl (C=O) groups excluding carboxylic acids is 1. The maximum absolute atomic E-state index is 12.6. The summed E-state index contributed by atoms with van der Waals surface area (Å²) in [5.41, 5.74) is 2.32. The lowest BCUT2D eigenvalue weighted by Crippen LogP contribution is -2.47. The molecule has 1 fully saturated rings. The number of benzene rings is 1. The maximum Gasteiger partial charge on any atom is 0.308 e. The van der Waals surface area contributed by atoms with E-state index in [2.05, 4.69) is 32.9 Å². The van der Waals surface area contributed by atoms with Crippen LogP contribution < -0.4 is 0 Å². The first-order valence-electron chi connectivity index (χ1n) is 8.30. The third-order valence-corrected chi connectivity index (χ3v) is 4.73. The van der Waals surface area contributed by atoms with Crippen LogP contribution in [0, 0.1) is 5.92 Å². The number of carboxylic acids is 1. The first kappa shape index (κ1) is 17.5. The van der Waals surface area contributed by atoms with Crippen molar-refractivity contribution in [2.24, 2.45) is 5.92 Å². The van der Waals surface area contributed by atoms with Crippen LogP contribution in [0.5, 0.6) is 0 Å². The van der Waals surface area contributed by atoms with E-state index in [4.69, 9.17) is 0 Å². The van der Waals surface area contributed by atoms with Gasteiger partial charge in [0.25, 0.3) is 0 Å². The Bertz CT molecular complexity index is 571. The van der Waals surface area contributed by atoms with Crippen LogP contribution in [0.3, 0.4) is 0 Å². The highest BCUT2D eigenvalue weighted by Crippen LogP contribution is 2.24. The zero-order chi connectivity index (χ0) is 17.2. The quantitative estimate of drug-likeness (QED) is 0.931. The first-order chi connectivity index (χ1) is 10.7. The maximum atomic E-state index is 12.6. The van der Waals surface area contributed by atoms with Crippen molar-refractivity contribution in [2.75, 3.05) is 6.54 Å². The number of nitrogens with zero attached hydrogens (tertiary/aromatic N) is 1. The number of amides is 1. The molecule has 1 aliphatic rings. The average Bonchev–Trinajstić information content (AvgIpc) is 2.47. The monoisotopic (exact) mass is 317 g/mol. The molecule has 126 valence electrons. The number of piperidine rings is 1. The summed E-state index contributed by atoms with van der Waals surface area (Å²) >= 11 is 0. The Hall–Kier alpha value is -1.84. The van der Waals surface area contributed by atoms with Crippen molar-refractivity contribution >= 4 is 11.9 Å². The molecule has 0 aromatic heterocycles. The number of carbonyl (C=O) groups is 2. The molecular weight excluding hydrogens is 290 g/mol. The van der Waals surface area contributed by atoms with Crippen LogP contribution in [-0.2, 0) is 21.4 Å². The van der Waals surface area contributed by atoms with E-state index in [1.54, 1.807) is 4.90 Å². The lowest BCUT2D eigenvalue weighted by Gasteiger charge is -2.36. The summed E-state index contributed by atoms with van der Waals surface area (Å²) in [5, 5.41) is 9.18. The number of rotatable bonds is 3. The van der Waals surface area contributed by atoms with Crippen molar-refractivity contribution in [1.29, 1.82) is 0 Å². The molecule has 1 N–H and O–H groups in total. The minimum Gasteiger partial charge on any atom is -0.481 e. The first-order valence-corrected chi connectivity index (χ1v) is 8.30. The lowest BCUT2D eigenvalue weighted by atomic mass is 9.86. The van der Waals surface area contributed by atoms with E-state index in [0.29, 0.717) is 19.4 Å². The molecule has 23 heavy (non-hydrogen) atoms. The molecule has 1 aromatic carbocycles. The molecule has 0 aliphatic carbocycles. The summed E-state index contributed by atoms with van der Waals surface area (Å²) < 4.78 is 0. The molecule has 0 spiro atoms. The Morgan fingerprint density at radius 2 is 1.78 bits per heavy atom. The third-order valence-electron chi connectivity index (χ3n) is 4.73. The predicted octanol–water partition coefficient (Wildman–Crippen LogP) is 3.24. The van der Waals surface area contributed by atoms with Gasteiger partial charge in [0.15, 0.2) is 0 Å². The van der Waals surface area contributed by atoms with Crippen LogP contribution in [-0.4, -0.2) is 34.5 Å². The van der Waals surface area contributed by atoms with Gasteiger partial charge in [-0.3, -0.25) is 9.59 Å². The van der Waals surface area contributed by atoms with Gasteiger partial charge < -0.3 is 10.0 Å². The Morgan fingerprint density at radius 1 is 1.17 bits per heavy atom. The summed E-state index contributed by atoms with van der Waals surface area (Å²) in [7, 11) is 0. The Kier molecular flexibility index (Phi) is 5.12. The van der Waals surface area contributed by atoms with Crippen LogP contribution in [0.4, 0.5) is 0 Å². The molecule has 2 rings (SSSR count). The van der Waals surface area contributed by atoms with Crippen molar-refractivity contribution in [1.82, 2.24) is 4.90 Å². The van der Waals surface area contributed by atoms with E-state index in [9.17, 15) is 14.7 Å². The SMILES string of the molecule is C[C@H]1CC[C@@H](C(=O)O)CN1C(=O)Cc1ccc(C(C)(C)C)cc1. The summed E-state index contributed by atoms with van der Waals surface area (Å²) in [4.78, 5) is 25.5. The zero-order valence-corrected chi connectivity index (χ0v) is 14.5. The fraction of sp³-hybridized carbons (Fsp3) is 0.579. The number of likely N-dealkylation sites (tertiary alicyclic amines) is 1. The topological polar surface area (TPSA) is 57.6 Å². The third kappa shape index (κ3) is 4.34. The summed E-state index contributed by atoms with van der Waals surface area (Å²) in [6, 6.07) is 8.26. The number of hydrogen-bond acceptors (Lipinski definition) is 2. The summed E-state index contributed by atoms with van der Waals surface area (Å²) in [6.07, 6.45) is 1.74. The van der Waals surface area contributed by atoms with Crippen LogP contribution in [0.15, 0.2) is 24.3 Å². The molecule has 1 amide bonds. The fourth-order valence-corrected chi connectivity index (χ4v) is 3.05. The molecule has 0 bridgehead atoms.